The monoisotopic (exact) mass is 126 g/mol. The molecule has 0 atom stereocenters. The van der Waals surface area contributed by atoms with Crippen LogP contribution in [0.4, 0.5) is 0 Å². The van der Waals surface area contributed by atoms with Gasteiger partial charge >= 0.3 is 37.7 Å². The van der Waals surface area contributed by atoms with E-state index in [-0.39, 0.29) is 46.6 Å². The Balaban J connectivity index is -0.0000000417. The summed E-state index contributed by atoms with van der Waals surface area (Å²) in [5, 5.41) is 7.64. The molecule has 0 spiro atoms. The molecule has 0 unspecified atom stereocenters. The first-order chi connectivity index (χ1) is 2.77. The van der Waals surface area contributed by atoms with E-state index in [9.17, 15) is 0 Å². The summed E-state index contributed by atoms with van der Waals surface area (Å²) >= 11 is 0. The molecule has 4 N–H and O–H groups in total. The first-order valence-electron chi connectivity index (χ1n) is 1.25. The van der Waals surface area contributed by atoms with E-state index in [4.69, 9.17) is 16.7 Å². The van der Waals surface area contributed by atoms with Crippen molar-refractivity contribution in [1.82, 2.24) is 0 Å². The summed E-state index contributed by atoms with van der Waals surface area (Å²) in [6.45, 7) is 0. The predicted octanol–water partition coefficient (Wildman–Crippen LogP) is -1.41. The van der Waals surface area contributed by atoms with Gasteiger partial charge in [0.05, 0.1) is 0 Å². The van der Waals surface area contributed by atoms with Crippen molar-refractivity contribution in [2.45, 2.75) is 0 Å². The third kappa shape index (κ3) is 10.7. The quantitative estimate of drug-likeness (QED) is 0.181. The van der Waals surface area contributed by atoms with Crippen molar-refractivity contribution in [3.63, 3.8) is 0 Å². The molecule has 0 fully saturated rings. The second kappa shape index (κ2) is 6.02. The van der Waals surface area contributed by atoms with Gasteiger partial charge < -0.3 is 14.3 Å². The van der Waals surface area contributed by atoms with Crippen LogP contribution in [0.15, 0.2) is 4.99 Å². The van der Waals surface area contributed by atoms with Gasteiger partial charge in [-0.1, -0.05) is 0 Å². The molecule has 4 nitrogen and oxygen atoms in total. The van der Waals surface area contributed by atoms with E-state index < -0.39 is 0 Å². The summed E-state index contributed by atoms with van der Waals surface area (Å²) in [5.74, 6) is -0.197. The molecule has 0 rings (SSSR count). The van der Waals surface area contributed by atoms with E-state index >= 15 is 0 Å². The Hall–Kier alpha value is 0.0197. The van der Waals surface area contributed by atoms with Gasteiger partial charge in [0.1, 0.15) is 0 Å². The maximum absolute atomic E-state index is 7.64. The summed E-state index contributed by atoms with van der Waals surface area (Å²) in [4.78, 5) is 2.90. The molecule has 0 bridgehead atoms. The molecular formula is C2H6CaN4. The average molecular weight is 126 g/mol. The van der Waals surface area contributed by atoms with Crippen LogP contribution in [0.1, 0.15) is 2.85 Å². The Morgan fingerprint density at radius 1 is 1.71 bits per heavy atom. The molecule has 0 aliphatic carbocycles. The van der Waals surface area contributed by atoms with Crippen LogP contribution in [0.5, 0.6) is 0 Å². The Labute approximate surface area is 74.2 Å². The number of hydrogen-bond donors (Lipinski definition) is 2. The molecule has 0 aromatic heterocycles. The van der Waals surface area contributed by atoms with E-state index in [1.54, 1.807) is 0 Å². The Morgan fingerprint density at radius 3 is 2.14 bits per heavy atom. The molecule has 0 aliphatic heterocycles. The normalized spacial score (nSPS) is 5.00. The van der Waals surface area contributed by atoms with Crippen LogP contribution in [-0.2, 0) is 0 Å². The van der Waals surface area contributed by atoms with Crippen LogP contribution in [0, 0.1) is 11.5 Å². The molecule has 0 saturated heterocycles. The molecular weight excluding hydrogens is 120 g/mol. The third-order valence-electron chi connectivity index (χ3n) is 0.179. The standard InChI is InChI=1S/C2H4N4.Ca.2H/c3-1-6-2(4)5;;;/h(H4,4,5,6);;;/q;+2;2*-1. The molecule has 36 valence electrons. The van der Waals surface area contributed by atoms with Crippen molar-refractivity contribution >= 4 is 43.7 Å². The molecule has 0 aliphatic rings. The van der Waals surface area contributed by atoms with Crippen LogP contribution >= 0.6 is 0 Å². The van der Waals surface area contributed by atoms with Gasteiger partial charge in [-0.05, 0) is 0 Å². The Morgan fingerprint density at radius 2 is 2.14 bits per heavy atom. The van der Waals surface area contributed by atoms with Crippen LogP contribution in [0.3, 0.4) is 0 Å². The van der Waals surface area contributed by atoms with Crippen LogP contribution < -0.4 is 11.5 Å². The Kier molecular flexibility index (Phi) is 8.68. The van der Waals surface area contributed by atoms with Crippen molar-refractivity contribution in [3.8, 4) is 6.19 Å². The SMILES string of the molecule is N#CN=C(N)N.[Ca+2].[H-].[H-]. The van der Waals surface area contributed by atoms with E-state index in [0.29, 0.717) is 0 Å². The predicted molar refractivity (Wildman–Crippen MR) is 29.4 cm³/mol. The summed E-state index contributed by atoms with van der Waals surface area (Å²) in [5.41, 5.74) is 9.42. The summed E-state index contributed by atoms with van der Waals surface area (Å²) in [6.07, 6.45) is 1.41. The summed E-state index contributed by atoms with van der Waals surface area (Å²) in [6, 6.07) is 0. The fourth-order valence-corrected chi connectivity index (χ4v) is 0.0577. The van der Waals surface area contributed by atoms with E-state index in [1.807, 2.05) is 0 Å². The maximum Gasteiger partial charge on any atom is 2.00 e. The van der Waals surface area contributed by atoms with Crippen molar-refractivity contribution in [2.24, 2.45) is 16.5 Å². The molecule has 7 heavy (non-hydrogen) atoms. The molecule has 5 heteroatoms. The second-order valence-corrected chi connectivity index (χ2v) is 0.637. The van der Waals surface area contributed by atoms with Crippen LogP contribution in [0.2, 0.25) is 0 Å². The van der Waals surface area contributed by atoms with Gasteiger partial charge in [-0.2, -0.15) is 5.26 Å². The van der Waals surface area contributed by atoms with Crippen molar-refractivity contribution < 1.29 is 2.85 Å². The third-order valence-corrected chi connectivity index (χ3v) is 0.179. The number of nitrogens with zero attached hydrogens (tertiary/aromatic N) is 2. The number of nitriles is 1. The van der Waals surface area contributed by atoms with Gasteiger partial charge in [0.15, 0.2) is 0 Å². The first kappa shape index (κ1) is 10.1. The number of hydrogen-bond acceptors (Lipinski definition) is 2. The molecule has 0 aromatic carbocycles. The smallest absolute Gasteiger partial charge is 1.00 e. The van der Waals surface area contributed by atoms with Gasteiger partial charge in [-0.25, -0.2) is 0 Å². The fourth-order valence-electron chi connectivity index (χ4n) is 0.0577. The molecule has 0 radical (unpaired) electrons. The largest absolute Gasteiger partial charge is 2.00 e. The first-order valence-corrected chi connectivity index (χ1v) is 1.25. The van der Waals surface area contributed by atoms with E-state index in [2.05, 4.69) is 4.99 Å². The van der Waals surface area contributed by atoms with Gasteiger partial charge in [-0.15, -0.1) is 4.99 Å². The summed E-state index contributed by atoms with van der Waals surface area (Å²) in [7, 11) is 0. The maximum atomic E-state index is 7.64. The van der Waals surface area contributed by atoms with Gasteiger partial charge in [0.2, 0.25) is 12.2 Å². The molecule has 0 aromatic rings. The second-order valence-electron chi connectivity index (χ2n) is 0.637. The van der Waals surface area contributed by atoms with E-state index in [0.717, 1.165) is 0 Å². The topological polar surface area (TPSA) is 88.2 Å². The van der Waals surface area contributed by atoms with Crippen molar-refractivity contribution in [3.05, 3.63) is 0 Å². The number of rotatable bonds is 0. The van der Waals surface area contributed by atoms with Gasteiger partial charge in [0.25, 0.3) is 0 Å². The number of nitrogens with two attached hydrogens (primary N) is 2. The zero-order valence-corrected chi connectivity index (χ0v) is 5.96. The average Bonchev–Trinajstić information content (AvgIpc) is 1.35. The zero-order valence-electron chi connectivity index (χ0n) is 5.76. The van der Waals surface area contributed by atoms with Crippen molar-refractivity contribution in [2.75, 3.05) is 0 Å². The van der Waals surface area contributed by atoms with E-state index in [1.165, 1.54) is 6.19 Å². The minimum atomic E-state index is -0.197. The van der Waals surface area contributed by atoms with Gasteiger partial charge in [-0.3, -0.25) is 0 Å². The molecule has 0 saturated carbocycles. The fraction of sp³-hybridized carbons (Fsp3) is 0. The molecule has 0 amide bonds. The van der Waals surface area contributed by atoms with Gasteiger partial charge in [0, 0.05) is 0 Å². The Bertz CT molecular complexity index is 104. The minimum absolute atomic E-state index is 0. The van der Waals surface area contributed by atoms with Crippen molar-refractivity contribution in [1.29, 1.82) is 5.26 Å². The number of guanidine groups is 1. The number of aliphatic imine (C=N–C) groups is 1. The zero-order chi connectivity index (χ0) is 4.99. The molecule has 0 heterocycles. The van der Waals surface area contributed by atoms with Crippen LogP contribution in [-0.4, -0.2) is 43.7 Å². The summed E-state index contributed by atoms with van der Waals surface area (Å²) < 4.78 is 0. The minimum Gasteiger partial charge on any atom is -1.00 e. The van der Waals surface area contributed by atoms with Crippen LogP contribution in [0.25, 0.3) is 0 Å².